The van der Waals surface area contributed by atoms with Gasteiger partial charge in [-0.1, -0.05) is 19.9 Å². The van der Waals surface area contributed by atoms with Gasteiger partial charge in [-0.25, -0.2) is 4.98 Å². The first-order valence-electron chi connectivity index (χ1n) is 11.0. The van der Waals surface area contributed by atoms with Gasteiger partial charge < -0.3 is 4.90 Å². The van der Waals surface area contributed by atoms with Crippen LogP contribution in [-0.4, -0.2) is 33.3 Å². The number of aromatic nitrogens is 2. The first-order valence-corrected chi connectivity index (χ1v) is 17.3. The van der Waals surface area contributed by atoms with Crippen molar-refractivity contribution in [2.45, 2.75) is 58.8 Å². The molecule has 6 atom stereocenters. The van der Waals surface area contributed by atoms with Gasteiger partial charge >= 0.3 is 0 Å². The van der Waals surface area contributed by atoms with Crippen LogP contribution in [0.1, 0.15) is 63.6 Å². The quantitative estimate of drug-likeness (QED) is 0.362. The number of rotatable bonds is 1. The average molecular weight is 635 g/mol. The summed E-state index contributed by atoms with van der Waals surface area (Å²) in [5, 5.41) is 0. The maximum absolute atomic E-state index is 13.2. The van der Waals surface area contributed by atoms with Crippen molar-refractivity contribution in [2.75, 3.05) is 7.05 Å². The van der Waals surface area contributed by atoms with Crippen LogP contribution in [0.3, 0.4) is 0 Å². The number of likely N-dealkylation sites (tertiary alicyclic amines) is 1. The van der Waals surface area contributed by atoms with Crippen LogP contribution < -0.4 is 0 Å². The number of hydrogen-bond donors (Lipinski definition) is 0. The fourth-order valence-corrected chi connectivity index (χ4v) is 7.56. The van der Waals surface area contributed by atoms with Crippen molar-refractivity contribution in [1.82, 2.24) is 14.5 Å². The van der Waals surface area contributed by atoms with Crippen molar-refractivity contribution in [3.05, 3.63) is 30.5 Å². The second-order valence-electron chi connectivity index (χ2n) is 10.1. The van der Waals surface area contributed by atoms with Crippen molar-refractivity contribution in [3.63, 3.8) is 0 Å². The molecule has 3 unspecified atom stereocenters. The van der Waals surface area contributed by atoms with Crippen LogP contribution in [0.5, 0.6) is 0 Å². The number of allylic oxidation sites excluding steroid dienone is 2. The van der Waals surface area contributed by atoms with Crippen LogP contribution in [0, 0.1) is 34.5 Å². The molecule has 7 heteroatoms. The fraction of sp³-hybridized carbons (Fsp3) is 0.696. The van der Waals surface area contributed by atoms with Crippen LogP contribution in [0.4, 0.5) is 0 Å². The van der Waals surface area contributed by atoms with Gasteiger partial charge in [0, 0.05) is 80.1 Å². The molecule has 1 amide bonds. The van der Waals surface area contributed by atoms with E-state index in [0.717, 1.165) is 32.1 Å². The average Bonchev–Trinajstić information content (AvgIpc) is 3.40. The normalized spacial score (nSPS) is 39.8. The first kappa shape index (κ1) is 22.7. The highest BCUT2D eigenvalue weighted by atomic mass is 128. The maximum atomic E-state index is 13.2. The van der Waals surface area contributed by atoms with Gasteiger partial charge in [0.1, 0.15) is 6.33 Å². The molecule has 2 heterocycles. The van der Waals surface area contributed by atoms with Gasteiger partial charge in [-0.2, -0.15) is 0 Å². The van der Waals surface area contributed by atoms with Gasteiger partial charge in [0.2, 0.25) is 11.8 Å². The minimum atomic E-state index is 0.0839. The third kappa shape index (κ3) is 3.31. The van der Waals surface area contributed by atoms with Gasteiger partial charge in [0.25, 0.3) is 0 Å². The number of nitrogens with zero attached hydrogens (tertiary/aromatic N) is 3. The summed E-state index contributed by atoms with van der Waals surface area (Å²) in [5.41, 5.74) is 1.46. The molecule has 5 nitrogen and oxygen atoms in total. The lowest BCUT2D eigenvalue weighted by molar-refractivity contribution is -0.135. The van der Waals surface area contributed by atoms with E-state index in [-0.39, 0.29) is 28.6 Å². The molecule has 5 rings (SSSR count). The zero-order valence-corrected chi connectivity index (χ0v) is 22.3. The Hall–Kier alpha value is -0.450. The molecule has 3 aliphatic carbocycles. The predicted octanol–water partition coefficient (Wildman–Crippen LogP) is 5.90. The Morgan fingerprint density at radius 3 is 2.63 bits per heavy atom. The summed E-state index contributed by atoms with van der Waals surface area (Å²) in [5.74, 6) is 2.44. The third-order valence-electron chi connectivity index (χ3n) is 9.07. The summed E-state index contributed by atoms with van der Waals surface area (Å²) < 4.78 is 1.69. The molecule has 30 heavy (non-hydrogen) atoms. The van der Waals surface area contributed by atoms with Crippen molar-refractivity contribution >= 4 is 49.0 Å². The van der Waals surface area contributed by atoms with E-state index in [4.69, 9.17) is 0 Å². The monoisotopic (exact) mass is 635 g/mol. The van der Waals surface area contributed by atoms with E-state index in [1.54, 1.807) is 23.3 Å². The smallest absolute Gasteiger partial charge is 0.235 e. The lowest BCUT2D eigenvalue weighted by Crippen LogP contribution is -2.54. The van der Waals surface area contributed by atoms with E-state index >= 15 is 0 Å². The summed E-state index contributed by atoms with van der Waals surface area (Å²) in [6.07, 6.45) is 14.6. The van der Waals surface area contributed by atoms with Gasteiger partial charge in [0.05, 0.1) is 0 Å². The van der Waals surface area contributed by atoms with Crippen molar-refractivity contribution in [3.8, 4) is 0 Å². The molecule has 1 aliphatic heterocycles. The second-order valence-corrected chi connectivity index (χ2v) is 10.1. The van der Waals surface area contributed by atoms with Crippen LogP contribution in [0.15, 0.2) is 30.5 Å². The molecule has 0 radical (unpaired) electrons. The maximum Gasteiger partial charge on any atom is 0.235 e. The number of fused-ring (bicyclic) bond motifs is 5. The number of carbonyl (C=O) groups is 2. The highest BCUT2D eigenvalue weighted by Crippen LogP contribution is 2.66. The van der Waals surface area contributed by atoms with E-state index in [1.807, 2.05) is 11.9 Å². The Morgan fingerprint density at radius 1 is 1.17 bits per heavy atom. The van der Waals surface area contributed by atoms with Gasteiger partial charge in [-0.15, -0.1) is 0 Å². The molecule has 1 saturated heterocycles. The Kier molecular flexibility index (Phi) is 6.43. The van der Waals surface area contributed by atoms with Gasteiger partial charge in [-0.3, -0.25) is 14.2 Å². The number of piperidine rings is 1. The first-order chi connectivity index (χ1) is 14.4. The van der Waals surface area contributed by atoms with Gasteiger partial charge in [-0.05, 0) is 61.7 Å². The minimum absolute atomic E-state index is 0.0839. The molecular formula is C23H31I2N3O2. The number of carbonyl (C=O) groups excluding carboxylic acids is 2. The summed E-state index contributed by atoms with van der Waals surface area (Å²) in [4.78, 5) is 31.4. The fourth-order valence-electron chi connectivity index (χ4n) is 7.56. The summed E-state index contributed by atoms with van der Waals surface area (Å²) in [6.45, 7) is 4.77. The second kappa shape index (κ2) is 8.48. The van der Waals surface area contributed by atoms with Crippen LogP contribution in [0.25, 0.3) is 0 Å². The minimum Gasteiger partial charge on any atom is -0.319 e. The Bertz CT molecular complexity index is 855. The number of hydrogen-bond acceptors (Lipinski definition) is 3. The van der Waals surface area contributed by atoms with Crippen LogP contribution >= 0.6 is 37.2 Å². The lowest BCUT2D eigenvalue weighted by atomic mass is 9.49. The SMILES string of the molecule is CN1C(=O)CC[C@@]2(C)C1=CCC1C2CC[C@@]2(C)C1CC[C@@H]2C(=O)n1ccnc1.II. The lowest BCUT2D eigenvalue weighted by Gasteiger charge is -2.58. The van der Waals surface area contributed by atoms with E-state index in [2.05, 4.69) is 62.1 Å². The van der Waals surface area contributed by atoms with E-state index in [0.29, 0.717) is 24.2 Å². The van der Waals surface area contributed by atoms with Gasteiger partial charge in [0.15, 0.2) is 0 Å². The van der Waals surface area contributed by atoms with E-state index in [1.165, 1.54) is 12.1 Å². The van der Waals surface area contributed by atoms with Crippen molar-refractivity contribution in [1.29, 1.82) is 0 Å². The molecule has 2 saturated carbocycles. The number of imidazole rings is 1. The molecule has 1 aromatic rings. The molecular weight excluding hydrogens is 604 g/mol. The molecule has 0 N–H and O–H groups in total. The van der Waals surface area contributed by atoms with Crippen LogP contribution in [-0.2, 0) is 4.79 Å². The molecule has 0 aromatic carbocycles. The van der Waals surface area contributed by atoms with E-state index < -0.39 is 0 Å². The van der Waals surface area contributed by atoms with E-state index in [9.17, 15) is 9.59 Å². The number of amides is 1. The summed E-state index contributed by atoms with van der Waals surface area (Å²) in [6, 6.07) is 0. The van der Waals surface area contributed by atoms with Crippen molar-refractivity contribution < 1.29 is 9.59 Å². The summed E-state index contributed by atoms with van der Waals surface area (Å²) >= 11 is 4.24. The Balaban J connectivity index is 0.00000106. The zero-order valence-electron chi connectivity index (χ0n) is 18.0. The number of halogens is 2. The molecule has 164 valence electrons. The standard InChI is InChI=1S/C23H31N3O2.I2/c1-22-10-8-17-15(4-7-19-23(17,2)11-9-20(27)25(19)3)16(22)5-6-18(22)21(28)26-13-12-24-14-26;1-2/h7,12-18H,4-6,8-11H2,1-3H3;/t15?,16?,17?,18-,22+,23-;/m1./s1. The molecule has 3 fully saturated rings. The summed E-state index contributed by atoms with van der Waals surface area (Å²) in [7, 11) is 1.95. The predicted molar refractivity (Wildman–Crippen MR) is 134 cm³/mol. The molecule has 1 aromatic heterocycles. The third-order valence-corrected chi connectivity index (χ3v) is 9.07. The highest BCUT2D eigenvalue weighted by molar-refractivity contribution is 15.0. The molecule has 4 aliphatic rings. The molecule has 0 spiro atoms. The Labute approximate surface area is 202 Å². The largest absolute Gasteiger partial charge is 0.319 e. The topological polar surface area (TPSA) is 55.2 Å². The van der Waals surface area contributed by atoms with Crippen LogP contribution in [0.2, 0.25) is 0 Å². The zero-order chi connectivity index (χ0) is 21.7. The Morgan fingerprint density at radius 2 is 1.93 bits per heavy atom. The molecule has 0 bridgehead atoms. The van der Waals surface area contributed by atoms with Crippen molar-refractivity contribution in [2.24, 2.45) is 34.5 Å². The highest BCUT2D eigenvalue weighted by Gasteiger charge is 2.60.